The van der Waals surface area contributed by atoms with Crippen molar-refractivity contribution in [3.05, 3.63) is 64.1 Å². The summed E-state index contributed by atoms with van der Waals surface area (Å²) in [5.41, 5.74) is 3.32. The van der Waals surface area contributed by atoms with Gasteiger partial charge in [-0.15, -0.1) is 0 Å². The van der Waals surface area contributed by atoms with Crippen LogP contribution >= 0.6 is 15.9 Å². The summed E-state index contributed by atoms with van der Waals surface area (Å²) in [5.74, 6) is 0. The predicted molar refractivity (Wildman–Crippen MR) is 99.1 cm³/mol. The van der Waals surface area contributed by atoms with Crippen LogP contribution in [0.15, 0.2) is 53.0 Å². The lowest BCUT2D eigenvalue weighted by atomic mass is 9.86. The van der Waals surface area contributed by atoms with Crippen LogP contribution in [-0.2, 0) is 11.3 Å². The van der Waals surface area contributed by atoms with E-state index in [9.17, 15) is 4.79 Å². The summed E-state index contributed by atoms with van der Waals surface area (Å²) in [6.45, 7) is 2.38. The Bertz CT molecular complexity index is 700. The van der Waals surface area contributed by atoms with Crippen LogP contribution in [0.3, 0.4) is 0 Å². The molecule has 0 spiro atoms. The Labute approximate surface area is 150 Å². The summed E-state index contributed by atoms with van der Waals surface area (Å²) < 4.78 is 6.35. The molecule has 2 aromatic carbocycles. The molecule has 1 amide bonds. The zero-order chi connectivity index (χ0) is 16.9. The number of rotatable bonds is 5. The maximum atomic E-state index is 11.8. The number of anilines is 1. The van der Waals surface area contributed by atoms with E-state index in [1.807, 2.05) is 36.4 Å². The molecule has 1 fully saturated rings. The Morgan fingerprint density at radius 2 is 1.92 bits per heavy atom. The number of nitrogens with one attached hydrogen (secondary N) is 2. The molecule has 0 atom stereocenters. The lowest BCUT2D eigenvalue weighted by Crippen LogP contribution is -2.49. The number of carbonyl (C=O) groups excluding carboxylic acids is 1. The van der Waals surface area contributed by atoms with E-state index in [2.05, 4.69) is 45.6 Å². The zero-order valence-corrected chi connectivity index (χ0v) is 15.2. The molecule has 0 heterocycles. The molecule has 0 unspecified atom stereocenters. The van der Waals surface area contributed by atoms with E-state index in [1.54, 1.807) is 0 Å². The second-order valence-corrected chi connectivity index (χ2v) is 7.03. The van der Waals surface area contributed by atoms with Gasteiger partial charge >= 0.3 is 6.09 Å². The fraction of sp³-hybridized carbons (Fsp3) is 0.316. The van der Waals surface area contributed by atoms with Crippen LogP contribution in [0.2, 0.25) is 0 Å². The number of ether oxygens (including phenoxy) is 1. The SMILES string of the molecule is Cc1cc(NC2CC(NC(=O)OCc3ccccc3)C2)ccc1Br. The lowest BCUT2D eigenvalue weighted by Gasteiger charge is -2.36. The quantitative estimate of drug-likeness (QED) is 0.784. The topological polar surface area (TPSA) is 50.4 Å². The fourth-order valence-corrected chi connectivity index (χ4v) is 3.00. The van der Waals surface area contributed by atoms with Gasteiger partial charge in [0, 0.05) is 22.2 Å². The van der Waals surface area contributed by atoms with Crippen molar-refractivity contribution in [2.24, 2.45) is 0 Å². The lowest BCUT2D eigenvalue weighted by molar-refractivity contribution is 0.129. The predicted octanol–water partition coefficient (Wildman–Crippen LogP) is 4.63. The van der Waals surface area contributed by atoms with Gasteiger partial charge in [0.05, 0.1) is 0 Å². The highest BCUT2D eigenvalue weighted by Gasteiger charge is 2.30. The van der Waals surface area contributed by atoms with Crippen molar-refractivity contribution in [3.8, 4) is 0 Å². The molecule has 0 aliphatic heterocycles. The van der Waals surface area contributed by atoms with Gasteiger partial charge < -0.3 is 15.4 Å². The first-order valence-electron chi connectivity index (χ1n) is 8.10. The number of hydrogen-bond acceptors (Lipinski definition) is 3. The minimum atomic E-state index is -0.346. The van der Waals surface area contributed by atoms with Crippen molar-refractivity contribution in [1.82, 2.24) is 5.32 Å². The van der Waals surface area contributed by atoms with Crippen molar-refractivity contribution in [3.63, 3.8) is 0 Å². The third-order valence-electron chi connectivity index (χ3n) is 4.20. The molecular formula is C19H21BrN2O2. The van der Waals surface area contributed by atoms with E-state index in [0.29, 0.717) is 12.6 Å². The zero-order valence-electron chi connectivity index (χ0n) is 13.6. The van der Waals surface area contributed by atoms with Crippen LogP contribution in [0, 0.1) is 6.92 Å². The van der Waals surface area contributed by atoms with E-state index in [4.69, 9.17) is 4.74 Å². The molecule has 2 N–H and O–H groups in total. The summed E-state index contributed by atoms with van der Waals surface area (Å²) >= 11 is 3.51. The van der Waals surface area contributed by atoms with Crippen LogP contribution < -0.4 is 10.6 Å². The largest absolute Gasteiger partial charge is 0.445 e. The van der Waals surface area contributed by atoms with Gasteiger partial charge in [-0.3, -0.25) is 0 Å². The van der Waals surface area contributed by atoms with Crippen LogP contribution in [0.1, 0.15) is 24.0 Å². The Balaban J connectivity index is 1.37. The van der Waals surface area contributed by atoms with Gasteiger partial charge in [0.15, 0.2) is 0 Å². The Morgan fingerprint density at radius 1 is 1.17 bits per heavy atom. The van der Waals surface area contributed by atoms with Crippen LogP contribution in [-0.4, -0.2) is 18.2 Å². The number of amides is 1. The van der Waals surface area contributed by atoms with Crippen molar-refractivity contribution in [1.29, 1.82) is 0 Å². The van der Waals surface area contributed by atoms with Crippen molar-refractivity contribution in [2.45, 2.75) is 38.5 Å². The van der Waals surface area contributed by atoms with Gasteiger partial charge in [-0.2, -0.15) is 0 Å². The molecule has 0 aromatic heterocycles. The maximum absolute atomic E-state index is 11.8. The van der Waals surface area contributed by atoms with E-state index in [-0.39, 0.29) is 12.1 Å². The van der Waals surface area contributed by atoms with Crippen LogP contribution in [0.4, 0.5) is 10.5 Å². The van der Waals surface area contributed by atoms with E-state index >= 15 is 0 Å². The summed E-state index contributed by atoms with van der Waals surface area (Å²) in [5, 5.41) is 6.41. The highest BCUT2D eigenvalue weighted by atomic mass is 79.9. The third-order valence-corrected chi connectivity index (χ3v) is 5.09. The summed E-state index contributed by atoms with van der Waals surface area (Å²) in [6, 6.07) is 16.5. The first kappa shape index (κ1) is 16.8. The Kier molecular flexibility index (Phi) is 5.41. The van der Waals surface area contributed by atoms with Gasteiger partial charge in [-0.25, -0.2) is 4.79 Å². The highest BCUT2D eigenvalue weighted by Crippen LogP contribution is 2.26. The number of halogens is 1. The van der Waals surface area contributed by atoms with Crippen molar-refractivity contribution < 1.29 is 9.53 Å². The number of carbonyl (C=O) groups is 1. The molecule has 4 nitrogen and oxygen atoms in total. The average Bonchev–Trinajstić information content (AvgIpc) is 2.55. The molecule has 1 aliphatic rings. The van der Waals surface area contributed by atoms with Crippen molar-refractivity contribution in [2.75, 3.05) is 5.32 Å². The molecule has 0 bridgehead atoms. The Morgan fingerprint density at radius 3 is 2.62 bits per heavy atom. The van der Waals surface area contributed by atoms with E-state index < -0.39 is 0 Å². The van der Waals surface area contributed by atoms with E-state index in [0.717, 1.165) is 28.6 Å². The second kappa shape index (κ2) is 7.71. The fourth-order valence-electron chi connectivity index (χ4n) is 2.76. The van der Waals surface area contributed by atoms with Crippen LogP contribution in [0.25, 0.3) is 0 Å². The summed E-state index contributed by atoms with van der Waals surface area (Å²) in [4.78, 5) is 11.8. The molecule has 1 saturated carbocycles. The smallest absolute Gasteiger partial charge is 0.407 e. The molecule has 0 saturated heterocycles. The molecular weight excluding hydrogens is 368 g/mol. The number of alkyl carbamates (subject to hydrolysis) is 1. The normalized spacial score (nSPS) is 19.2. The van der Waals surface area contributed by atoms with Gasteiger partial charge in [0.25, 0.3) is 0 Å². The summed E-state index contributed by atoms with van der Waals surface area (Å²) in [6.07, 6.45) is 1.48. The second-order valence-electron chi connectivity index (χ2n) is 6.18. The number of hydrogen-bond donors (Lipinski definition) is 2. The first-order valence-corrected chi connectivity index (χ1v) is 8.89. The van der Waals surface area contributed by atoms with Gasteiger partial charge in [-0.05, 0) is 49.1 Å². The van der Waals surface area contributed by atoms with Gasteiger partial charge in [0.1, 0.15) is 6.61 Å². The molecule has 5 heteroatoms. The third kappa shape index (κ3) is 4.51. The maximum Gasteiger partial charge on any atom is 0.407 e. The number of benzene rings is 2. The van der Waals surface area contributed by atoms with Crippen molar-refractivity contribution >= 4 is 27.7 Å². The van der Waals surface area contributed by atoms with E-state index in [1.165, 1.54) is 5.56 Å². The minimum absolute atomic E-state index is 0.183. The number of aryl methyl sites for hydroxylation is 1. The molecule has 3 rings (SSSR count). The minimum Gasteiger partial charge on any atom is -0.445 e. The molecule has 2 aromatic rings. The Hall–Kier alpha value is -2.01. The highest BCUT2D eigenvalue weighted by molar-refractivity contribution is 9.10. The molecule has 24 heavy (non-hydrogen) atoms. The van der Waals surface area contributed by atoms with Crippen LogP contribution in [0.5, 0.6) is 0 Å². The molecule has 0 radical (unpaired) electrons. The average molecular weight is 389 g/mol. The van der Waals surface area contributed by atoms with Gasteiger partial charge in [-0.1, -0.05) is 46.3 Å². The van der Waals surface area contributed by atoms with Gasteiger partial charge in [0.2, 0.25) is 0 Å². The molecule has 1 aliphatic carbocycles. The standard InChI is InChI=1S/C19H21BrN2O2/c1-13-9-15(7-8-18(13)20)21-16-10-17(11-16)22-19(23)24-12-14-5-3-2-4-6-14/h2-9,16-17,21H,10-12H2,1H3,(H,22,23). The first-order chi connectivity index (χ1) is 11.6. The molecule has 126 valence electrons. The summed E-state index contributed by atoms with van der Waals surface area (Å²) in [7, 11) is 0. The monoisotopic (exact) mass is 388 g/mol.